The summed E-state index contributed by atoms with van der Waals surface area (Å²) in [6.45, 7) is 9.02. The molecule has 0 aliphatic carbocycles. The fraction of sp³-hybridized carbons (Fsp3) is 0.261. The van der Waals surface area contributed by atoms with Crippen LogP contribution in [0.2, 0.25) is 0 Å². The number of hydrogen-bond donors (Lipinski definition) is 3. The molecule has 3 N–H and O–H groups in total. The van der Waals surface area contributed by atoms with E-state index in [-0.39, 0.29) is 65.8 Å². The lowest BCUT2D eigenvalue weighted by molar-refractivity contribution is 0.0975. The molecule has 0 bridgehead atoms. The highest BCUT2D eigenvalue weighted by Crippen LogP contribution is 2.21. The van der Waals surface area contributed by atoms with Gasteiger partial charge in [0.1, 0.15) is 47.8 Å². The molecule has 312 valence electrons. The molecule has 0 fully saturated rings. The third-order valence-electron chi connectivity index (χ3n) is 8.51. The number of aromatic nitrogens is 2. The Balaban J connectivity index is 0.000000229. The molecule has 0 spiro atoms. The lowest BCUT2D eigenvalue weighted by atomic mass is 9.96. The molecule has 0 saturated heterocycles. The van der Waals surface area contributed by atoms with E-state index in [0.29, 0.717) is 35.2 Å². The minimum atomic E-state index is -0.320. The van der Waals surface area contributed by atoms with E-state index in [4.69, 9.17) is 19.3 Å². The molecule has 0 amide bonds. The highest BCUT2D eigenvalue weighted by molar-refractivity contribution is 9.09. The fourth-order valence-corrected chi connectivity index (χ4v) is 4.88. The van der Waals surface area contributed by atoms with Gasteiger partial charge < -0.3 is 29.5 Å². The van der Waals surface area contributed by atoms with Crippen LogP contribution in [0.5, 0.6) is 23.0 Å². The first-order chi connectivity index (χ1) is 28.1. The number of benzene rings is 4. The average molecular weight is 876 g/mol. The van der Waals surface area contributed by atoms with Crippen molar-refractivity contribution in [2.24, 2.45) is 10.8 Å². The maximum atomic E-state index is 12.9. The molecule has 0 aliphatic heterocycles. The van der Waals surface area contributed by atoms with Crippen LogP contribution in [-0.4, -0.2) is 49.6 Å². The van der Waals surface area contributed by atoms with E-state index in [1.807, 2.05) is 27.7 Å². The lowest BCUT2D eigenvalue weighted by Crippen LogP contribution is -2.25. The Morgan fingerprint density at radius 3 is 1.32 bits per heavy atom. The van der Waals surface area contributed by atoms with Crippen molar-refractivity contribution in [2.75, 3.05) is 25.2 Å². The molecule has 0 radical (unpaired) electrons. The smallest absolute Gasteiger partial charge is 0.258 e. The zero-order chi connectivity index (χ0) is 43.0. The summed E-state index contributed by atoms with van der Waals surface area (Å²) in [7, 11) is 0. The van der Waals surface area contributed by atoms with Crippen molar-refractivity contribution in [3.63, 3.8) is 0 Å². The minimum Gasteiger partial charge on any atom is -0.508 e. The molecule has 0 aliphatic rings. The van der Waals surface area contributed by atoms with E-state index >= 15 is 0 Å². The molecule has 6 aromatic rings. The summed E-state index contributed by atoms with van der Waals surface area (Å²) in [4.78, 5) is 24.6. The Kier molecular flexibility index (Phi) is 17.0. The first kappa shape index (κ1) is 45.9. The van der Waals surface area contributed by atoms with Crippen LogP contribution >= 0.6 is 15.9 Å². The maximum Gasteiger partial charge on any atom is 0.258 e. The summed E-state index contributed by atoms with van der Waals surface area (Å²) in [6.07, 6.45) is 3.25. The average Bonchev–Trinajstić information content (AvgIpc) is 3.24. The van der Waals surface area contributed by atoms with Gasteiger partial charge in [0.15, 0.2) is 0 Å². The molecule has 6 rings (SSSR count). The summed E-state index contributed by atoms with van der Waals surface area (Å²) in [6, 6.07) is 31.7. The normalized spacial score (nSPS) is 11.1. The Morgan fingerprint density at radius 1 is 0.559 bits per heavy atom. The monoisotopic (exact) mass is 874 g/mol. The molecule has 2 heterocycles. The second kappa shape index (κ2) is 21.8. The third kappa shape index (κ3) is 15.2. The SMILES string of the molecule is CC(C)(CO)CBr.CC(C)(CO)COc1ccc(-n2ccc(OCc3ccc(F)cc3)cc2=O)cc1.O=c1cc(OCc2ccc(F)cc2)ccn1-c1ccc(O)cc1. The molecule has 59 heavy (non-hydrogen) atoms. The van der Waals surface area contributed by atoms with Gasteiger partial charge in [0.2, 0.25) is 0 Å². The van der Waals surface area contributed by atoms with Gasteiger partial charge in [-0.3, -0.25) is 18.7 Å². The van der Waals surface area contributed by atoms with Crippen LogP contribution in [0.25, 0.3) is 11.4 Å². The van der Waals surface area contributed by atoms with Crippen LogP contribution in [0.15, 0.2) is 143 Å². The van der Waals surface area contributed by atoms with Gasteiger partial charge in [0.05, 0.1) is 13.2 Å². The second-order valence-electron chi connectivity index (χ2n) is 15.0. The number of aliphatic hydroxyl groups is 2. The maximum absolute atomic E-state index is 12.9. The number of rotatable bonds is 14. The van der Waals surface area contributed by atoms with Crippen LogP contribution in [-0.2, 0) is 13.2 Å². The number of alkyl halides is 1. The van der Waals surface area contributed by atoms with Gasteiger partial charge in [-0.25, -0.2) is 8.78 Å². The van der Waals surface area contributed by atoms with Gasteiger partial charge >= 0.3 is 0 Å². The molecule has 10 nitrogen and oxygen atoms in total. The van der Waals surface area contributed by atoms with E-state index in [9.17, 15) is 28.6 Å². The van der Waals surface area contributed by atoms with Crippen molar-refractivity contribution in [1.82, 2.24) is 9.13 Å². The lowest BCUT2D eigenvalue weighted by Gasteiger charge is -2.21. The van der Waals surface area contributed by atoms with Crippen molar-refractivity contribution >= 4 is 15.9 Å². The Morgan fingerprint density at radius 2 is 0.966 bits per heavy atom. The topological polar surface area (TPSA) is 132 Å². The van der Waals surface area contributed by atoms with E-state index in [2.05, 4.69) is 15.9 Å². The Bertz CT molecular complexity index is 2310. The number of aromatic hydroxyl groups is 1. The summed E-state index contributed by atoms with van der Waals surface area (Å²) < 4.78 is 45.6. The van der Waals surface area contributed by atoms with Gasteiger partial charge in [-0.15, -0.1) is 0 Å². The van der Waals surface area contributed by atoms with Crippen molar-refractivity contribution in [3.8, 4) is 34.4 Å². The summed E-state index contributed by atoms with van der Waals surface area (Å²) in [5.41, 5.74) is 2.25. The first-order valence-electron chi connectivity index (χ1n) is 18.6. The highest BCUT2D eigenvalue weighted by Gasteiger charge is 2.17. The van der Waals surface area contributed by atoms with Crippen molar-refractivity contribution < 1.29 is 38.3 Å². The van der Waals surface area contributed by atoms with Crippen molar-refractivity contribution in [1.29, 1.82) is 0 Å². The van der Waals surface area contributed by atoms with E-state index in [0.717, 1.165) is 16.5 Å². The molecule has 0 saturated carbocycles. The standard InChI is InChI=1S/C23H24FNO4.C18H14FNO3.C5H11BrO/c1-23(2,15-26)16-29-20-9-7-19(8-10-20)25-12-11-21(13-22(25)27)28-14-17-3-5-18(24)6-4-17;19-14-3-1-13(2-4-14)12-23-17-9-10-20(18(22)11-17)15-5-7-16(21)8-6-15;1-5(2,3-6)4-7/h3-13,26H,14-16H2,1-2H3;1-11,21H,12H2;7H,3-4H2,1-2H3. The molecule has 13 heteroatoms. The molecular weight excluding hydrogens is 826 g/mol. The van der Waals surface area contributed by atoms with Gasteiger partial charge in [-0.1, -0.05) is 67.9 Å². The molecule has 0 unspecified atom stereocenters. The van der Waals surface area contributed by atoms with E-state index in [1.54, 1.807) is 85.2 Å². The predicted molar refractivity (Wildman–Crippen MR) is 228 cm³/mol. The fourth-order valence-electron chi connectivity index (χ4n) is 4.71. The van der Waals surface area contributed by atoms with Crippen LogP contribution in [0, 0.1) is 22.5 Å². The number of pyridine rings is 2. The zero-order valence-electron chi connectivity index (χ0n) is 33.4. The van der Waals surface area contributed by atoms with Gasteiger partial charge in [-0.05, 0) is 101 Å². The largest absolute Gasteiger partial charge is 0.508 e. The first-order valence-corrected chi connectivity index (χ1v) is 19.7. The highest BCUT2D eigenvalue weighted by atomic mass is 79.9. The van der Waals surface area contributed by atoms with Gasteiger partial charge in [0, 0.05) is 53.3 Å². The predicted octanol–water partition coefficient (Wildman–Crippen LogP) is 8.61. The number of nitrogens with zero attached hydrogens (tertiary/aromatic N) is 2. The van der Waals surface area contributed by atoms with Crippen LogP contribution < -0.4 is 25.3 Å². The molecule has 2 aromatic heterocycles. The van der Waals surface area contributed by atoms with Crippen molar-refractivity contribution in [2.45, 2.75) is 40.9 Å². The van der Waals surface area contributed by atoms with Gasteiger partial charge in [0.25, 0.3) is 11.1 Å². The van der Waals surface area contributed by atoms with Crippen LogP contribution in [0.3, 0.4) is 0 Å². The molecular formula is C46H49BrF2N2O8. The summed E-state index contributed by atoms with van der Waals surface area (Å²) in [5.74, 6) is 1.09. The number of phenolic OH excluding ortho intramolecular Hbond substituents is 1. The van der Waals surface area contributed by atoms with Crippen molar-refractivity contribution in [3.05, 3.63) is 177 Å². The molecule has 0 atom stereocenters. The zero-order valence-corrected chi connectivity index (χ0v) is 34.9. The Labute approximate surface area is 350 Å². The molecule has 4 aromatic carbocycles. The minimum absolute atomic E-state index is 0.0378. The third-order valence-corrected chi connectivity index (χ3v) is 10.0. The number of aliphatic hydroxyl groups excluding tert-OH is 2. The number of halogens is 3. The summed E-state index contributed by atoms with van der Waals surface area (Å²) >= 11 is 3.27. The van der Waals surface area contributed by atoms with E-state index < -0.39 is 0 Å². The van der Waals surface area contributed by atoms with Gasteiger partial charge in [-0.2, -0.15) is 0 Å². The van der Waals surface area contributed by atoms with E-state index in [1.165, 1.54) is 57.7 Å². The number of hydrogen-bond acceptors (Lipinski definition) is 8. The van der Waals surface area contributed by atoms with Crippen LogP contribution in [0.1, 0.15) is 38.8 Å². The van der Waals surface area contributed by atoms with Crippen LogP contribution in [0.4, 0.5) is 8.78 Å². The number of phenols is 1. The second-order valence-corrected chi connectivity index (χ2v) is 15.6. The quantitative estimate of drug-likeness (QED) is 0.0928. The number of ether oxygens (including phenoxy) is 3. The summed E-state index contributed by atoms with van der Waals surface area (Å²) in [5, 5.41) is 28.0. The Hall–Kier alpha value is -5.76.